The maximum Gasteiger partial charge on any atom is 0.0104 e. The first-order valence-electron chi connectivity index (χ1n) is 6.85. The van der Waals surface area contributed by atoms with Crippen LogP contribution in [0.1, 0.15) is 32.1 Å². The van der Waals surface area contributed by atoms with Gasteiger partial charge in [-0.05, 0) is 69.8 Å². The van der Waals surface area contributed by atoms with Crippen LogP contribution in [0.15, 0.2) is 0 Å². The smallest absolute Gasteiger partial charge is 0.0104 e. The first kappa shape index (κ1) is 12.7. The third kappa shape index (κ3) is 3.94. The van der Waals surface area contributed by atoms with Gasteiger partial charge in [-0.15, -0.1) is 0 Å². The van der Waals surface area contributed by atoms with Crippen LogP contribution >= 0.6 is 11.8 Å². The molecule has 0 aromatic heterocycles. The molecule has 3 heteroatoms. The lowest BCUT2D eigenvalue weighted by molar-refractivity contribution is 0.175. The van der Waals surface area contributed by atoms with Crippen molar-refractivity contribution < 1.29 is 0 Å². The molecule has 2 aliphatic heterocycles. The van der Waals surface area contributed by atoms with Crippen LogP contribution in [-0.4, -0.2) is 49.1 Å². The summed E-state index contributed by atoms with van der Waals surface area (Å²) >= 11 is 2.12. The van der Waals surface area contributed by atoms with Crippen LogP contribution in [0.3, 0.4) is 0 Å². The normalized spacial score (nSPS) is 32.1. The number of likely N-dealkylation sites (tertiary alicyclic amines) is 1. The molecule has 1 N–H and O–H groups in total. The zero-order valence-electron chi connectivity index (χ0n) is 10.6. The Labute approximate surface area is 105 Å². The van der Waals surface area contributed by atoms with Gasteiger partial charge in [0.05, 0.1) is 0 Å². The van der Waals surface area contributed by atoms with Crippen molar-refractivity contribution >= 4 is 11.8 Å². The Balaban J connectivity index is 1.53. The molecule has 16 heavy (non-hydrogen) atoms. The molecule has 94 valence electrons. The fraction of sp³-hybridized carbons (Fsp3) is 1.00. The lowest BCUT2D eigenvalue weighted by atomic mass is 10.00. The summed E-state index contributed by atoms with van der Waals surface area (Å²) in [7, 11) is 2.29. The van der Waals surface area contributed by atoms with Gasteiger partial charge in [0.15, 0.2) is 0 Å². The van der Waals surface area contributed by atoms with Crippen molar-refractivity contribution in [2.45, 2.75) is 38.1 Å². The molecule has 2 aliphatic rings. The predicted molar refractivity (Wildman–Crippen MR) is 73.2 cm³/mol. The van der Waals surface area contributed by atoms with E-state index in [4.69, 9.17) is 0 Å². The molecule has 2 fully saturated rings. The summed E-state index contributed by atoms with van der Waals surface area (Å²) < 4.78 is 0. The van der Waals surface area contributed by atoms with E-state index in [1.807, 2.05) is 0 Å². The highest BCUT2D eigenvalue weighted by Crippen LogP contribution is 2.22. The van der Waals surface area contributed by atoms with Gasteiger partial charge < -0.3 is 10.2 Å². The fourth-order valence-corrected chi connectivity index (χ4v) is 4.11. The van der Waals surface area contributed by atoms with Gasteiger partial charge in [-0.2, -0.15) is 11.8 Å². The lowest BCUT2D eigenvalue weighted by Crippen LogP contribution is -2.38. The summed E-state index contributed by atoms with van der Waals surface area (Å²) in [5.41, 5.74) is 0. The standard InChI is InChI=1S/C13H26N2S/c1-15-8-3-2-4-13(15)5-7-14-10-12-6-9-16-11-12/h12-14H,2-11H2,1H3. The van der Waals surface area contributed by atoms with Crippen LogP contribution < -0.4 is 5.32 Å². The molecular formula is C13H26N2S. The second-order valence-electron chi connectivity index (χ2n) is 5.35. The van der Waals surface area contributed by atoms with Gasteiger partial charge in [0.2, 0.25) is 0 Å². The summed E-state index contributed by atoms with van der Waals surface area (Å²) in [4.78, 5) is 2.55. The predicted octanol–water partition coefficient (Wildman–Crippen LogP) is 2.20. The first-order chi connectivity index (χ1) is 7.86. The van der Waals surface area contributed by atoms with E-state index in [-0.39, 0.29) is 0 Å². The van der Waals surface area contributed by atoms with Gasteiger partial charge in [0.1, 0.15) is 0 Å². The zero-order chi connectivity index (χ0) is 11.2. The van der Waals surface area contributed by atoms with E-state index < -0.39 is 0 Å². The monoisotopic (exact) mass is 242 g/mol. The minimum Gasteiger partial charge on any atom is -0.316 e. The van der Waals surface area contributed by atoms with Gasteiger partial charge in [-0.25, -0.2) is 0 Å². The van der Waals surface area contributed by atoms with Crippen LogP contribution in [0.2, 0.25) is 0 Å². The molecule has 0 amide bonds. The number of hydrogen-bond acceptors (Lipinski definition) is 3. The van der Waals surface area contributed by atoms with Gasteiger partial charge in [-0.1, -0.05) is 6.42 Å². The molecule has 2 unspecified atom stereocenters. The van der Waals surface area contributed by atoms with Gasteiger partial charge in [0.25, 0.3) is 0 Å². The molecule has 2 atom stereocenters. The molecule has 0 aromatic rings. The van der Waals surface area contributed by atoms with Crippen LogP contribution in [0.25, 0.3) is 0 Å². The Morgan fingerprint density at radius 2 is 2.25 bits per heavy atom. The summed E-state index contributed by atoms with van der Waals surface area (Å²) in [6.45, 7) is 3.78. The highest BCUT2D eigenvalue weighted by molar-refractivity contribution is 7.99. The minimum absolute atomic E-state index is 0.846. The maximum absolute atomic E-state index is 3.66. The molecule has 0 aliphatic carbocycles. The van der Waals surface area contributed by atoms with E-state index in [9.17, 15) is 0 Å². The molecule has 0 bridgehead atoms. The van der Waals surface area contributed by atoms with E-state index in [1.165, 1.54) is 63.2 Å². The first-order valence-corrected chi connectivity index (χ1v) is 8.00. The van der Waals surface area contributed by atoms with Gasteiger partial charge in [0, 0.05) is 6.04 Å². The van der Waals surface area contributed by atoms with Gasteiger partial charge >= 0.3 is 0 Å². The topological polar surface area (TPSA) is 15.3 Å². The Kier molecular flexibility index (Phi) is 5.46. The van der Waals surface area contributed by atoms with Crippen molar-refractivity contribution in [2.24, 2.45) is 5.92 Å². The second kappa shape index (κ2) is 6.87. The van der Waals surface area contributed by atoms with Crippen LogP contribution in [0, 0.1) is 5.92 Å². The van der Waals surface area contributed by atoms with E-state index in [2.05, 4.69) is 29.0 Å². The van der Waals surface area contributed by atoms with Crippen molar-refractivity contribution in [3.05, 3.63) is 0 Å². The van der Waals surface area contributed by atoms with Crippen molar-refractivity contribution in [3.8, 4) is 0 Å². The minimum atomic E-state index is 0.846. The number of nitrogens with one attached hydrogen (secondary N) is 1. The van der Waals surface area contributed by atoms with E-state index in [0.717, 1.165) is 12.0 Å². The number of rotatable bonds is 5. The van der Waals surface area contributed by atoms with E-state index in [0.29, 0.717) is 0 Å². The van der Waals surface area contributed by atoms with Crippen molar-refractivity contribution in [2.75, 3.05) is 38.2 Å². The Bertz CT molecular complexity index is 192. The van der Waals surface area contributed by atoms with E-state index in [1.54, 1.807) is 0 Å². The van der Waals surface area contributed by atoms with Crippen molar-refractivity contribution in [3.63, 3.8) is 0 Å². The Morgan fingerprint density at radius 3 is 3.00 bits per heavy atom. The van der Waals surface area contributed by atoms with Gasteiger partial charge in [-0.3, -0.25) is 0 Å². The summed E-state index contributed by atoms with van der Waals surface area (Å²) in [5, 5.41) is 3.66. The van der Waals surface area contributed by atoms with Crippen LogP contribution in [-0.2, 0) is 0 Å². The molecular weight excluding hydrogens is 216 g/mol. The SMILES string of the molecule is CN1CCCCC1CCNCC1CCSC1. The molecule has 0 saturated carbocycles. The molecule has 2 rings (SSSR count). The molecule has 2 saturated heterocycles. The molecule has 0 radical (unpaired) electrons. The summed E-state index contributed by atoms with van der Waals surface area (Å²) in [6.07, 6.45) is 7.03. The molecule has 2 nitrogen and oxygen atoms in total. The average molecular weight is 242 g/mol. The largest absolute Gasteiger partial charge is 0.316 e. The Hall–Kier alpha value is 0.270. The van der Waals surface area contributed by atoms with Crippen LogP contribution in [0.4, 0.5) is 0 Å². The quantitative estimate of drug-likeness (QED) is 0.744. The number of thioether (sulfide) groups is 1. The third-order valence-corrected chi connectivity index (χ3v) is 5.26. The third-order valence-electron chi connectivity index (χ3n) is 4.03. The summed E-state index contributed by atoms with van der Waals surface area (Å²) in [5.74, 6) is 3.72. The fourth-order valence-electron chi connectivity index (χ4n) is 2.83. The number of piperidine rings is 1. The number of hydrogen-bond donors (Lipinski definition) is 1. The lowest BCUT2D eigenvalue weighted by Gasteiger charge is -2.32. The highest BCUT2D eigenvalue weighted by Gasteiger charge is 2.18. The zero-order valence-corrected chi connectivity index (χ0v) is 11.4. The summed E-state index contributed by atoms with van der Waals surface area (Å²) in [6, 6.07) is 0.846. The Morgan fingerprint density at radius 1 is 1.31 bits per heavy atom. The molecule has 0 aromatic carbocycles. The average Bonchev–Trinajstić information content (AvgIpc) is 2.79. The molecule has 2 heterocycles. The highest BCUT2D eigenvalue weighted by atomic mass is 32.2. The maximum atomic E-state index is 3.66. The van der Waals surface area contributed by atoms with Crippen LogP contribution in [0.5, 0.6) is 0 Å². The van der Waals surface area contributed by atoms with Crippen molar-refractivity contribution in [1.29, 1.82) is 0 Å². The van der Waals surface area contributed by atoms with Crippen molar-refractivity contribution in [1.82, 2.24) is 10.2 Å². The molecule has 0 spiro atoms. The second-order valence-corrected chi connectivity index (χ2v) is 6.50. The number of nitrogens with zero attached hydrogens (tertiary/aromatic N) is 1. The van der Waals surface area contributed by atoms with E-state index >= 15 is 0 Å².